The van der Waals surface area contributed by atoms with Crippen LogP contribution in [-0.4, -0.2) is 24.2 Å². The van der Waals surface area contributed by atoms with Gasteiger partial charge >= 0.3 is 5.97 Å². The molecule has 17 heavy (non-hydrogen) atoms. The minimum atomic E-state index is -0.728. The van der Waals surface area contributed by atoms with Crippen molar-refractivity contribution in [2.75, 3.05) is 13.1 Å². The highest BCUT2D eigenvalue weighted by Crippen LogP contribution is 2.19. The molecule has 0 bridgehead atoms. The molecule has 0 atom stereocenters. The van der Waals surface area contributed by atoms with Gasteiger partial charge in [0.1, 0.15) is 0 Å². The van der Waals surface area contributed by atoms with Crippen LogP contribution in [-0.2, 0) is 11.2 Å². The monoisotopic (exact) mass is 255 g/mol. The summed E-state index contributed by atoms with van der Waals surface area (Å²) in [7, 11) is 0. The number of carboxylic acids is 1. The molecule has 3 nitrogen and oxygen atoms in total. The van der Waals surface area contributed by atoms with Gasteiger partial charge in [0.2, 0.25) is 0 Å². The van der Waals surface area contributed by atoms with E-state index in [0.29, 0.717) is 6.42 Å². The van der Waals surface area contributed by atoms with E-state index >= 15 is 0 Å². The third-order valence-corrected chi connectivity index (χ3v) is 4.09. The number of thiophene rings is 1. The second-order valence-electron chi connectivity index (χ2n) is 4.97. The Morgan fingerprint density at radius 2 is 2.18 bits per heavy atom. The molecule has 1 aromatic rings. The van der Waals surface area contributed by atoms with Gasteiger partial charge in [0, 0.05) is 4.88 Å². The molecule has 0 spiro atoms. The van der Waals surface area contributed by atoms with Gasteiger partial charge < -0.3 is 10.4 Å². The van der Waals surface area contributed by atoms with Gasteiger partial charge in [-0.15, -0.1) is 11.3 Å². The number of carboxylic acid groups (broad SMARTS) is 1. The third kappa shape index (κ3) is 4.48. The summed E-state index contributed by atoms with van der Waals surface area (Å²) < 4.78 is 0. The van der Waals surface area contributed by atoms with E-state index in [1.165, 1.54) is 10.4 Å². The molecule has 0 aliphatic rings. The van der Waals surface area contributed by atoms with Gasteiger partial charge in [0.05, 0.1) is 5.41 Å². The van der Waals surface area contributed by atoms with Gasteiger partial charge in [-0.3, -0.25) is 4.79 Å². The van der Waals surface area contributed by atoms with Crippen molar-refractivity contribution in [2.24, 2.45) is 5.41 Å². The van der Waals surface area contributed by atoms with Crippen molar-refractivity contribution in [1.82, 2.24) is 5.32 Å². The molecule has 1 heterocycles. The lowest BCUT2D eigenvalue weighted by Gasteiger charge is -2.18. The summed E-state index contributed by atoms with van der Waals surface area (Å²) in [5.41, 5.74) is 0.717. The first-order valence-electron chi connectivity index (χ1n) is 5.90. The molecule has 0 amide bonds. The van der Waals surface area contributed by atoms with E-state index < -0.39 is 11.4 Å². The molecule has 0 radical (unpaired) electrons. The summed E-state index contributed by atoms with van der Waals surface area (Å²) in [6, 6.07) is 2.13. The molecule has 0 aliphatic carbocycles. The predicted molar refractivity (Wildman–Crippen MR) is 71.7 cm³/mol. The van der Waals surface area contributed by atoms with Crippen molar-refractivity contribution in [3.05, 3.63) is 21.9 Å². The van der Waals surface area contributed by atoms with E-state index in [4.69, 9.17) is 5.11 Å². The zero-order valence-electron chi connectivity index (χ0n) is 10.7. The zero-order valence-corrected chi connectivity index (χ0v) is 11.6. The van der Waals surface area contributed by atoms with Crippen molar-refractivity contribution >= 4 is 17.3 Å². The lowest BCUT2D eigenvalue weighted by molar-refractivity contribution is -0.147. The highest BCUT2D eigenvalue weighted by molar-refractivity contribution is 7.10. The van der Waals surface area contributed by atoms with E-state index in [2.05, 4.69) is 23.7 Å². The number of carbonyl (C=O) groups is 1. The van der Waals surface area contributed by atoms with Crippen LogP contribution in [0.25, 0.3) is 0 Å². The molecular formula is C13H21NO2S. The molecule has 0 fully saturated rings. The van der Waals surface area contributed by atoms with Crippen LogP contribution in [0.2, 0.25) is 0 Å². The van der Waals surface area contributed by atoms with Gasteiger partial charge in [-0.2, -0.15) is 0 Å². The fraction of sp³-hybridized carbons (Fsp3) is 0.615. The molecule has 0 aliphatic heterocycles. The molecular weight excluding hydrogens is 234 g/mol. The lowest BCUT2D eigenvalue weighted by Crippen LogP contribution is -2.29. The van der Waals surface area contributed by atoms with Gasteiger partial charge in [0.15, 0.2) is 0 Å². The Morgan fingerprint density at radius 1 is 1.47 bits per heavy atom. The number of hydrogen-bond donors (Lipinski definition) is 2. The van der Waals surface area contributed by atoms with Crippen molar-refractivity contribution in [3.63, 3.8) is 0 Å². The first kappa shape index (κ1) is 14.2. The van der Waals surface area contributed by atoms with Crippen LogP contribution >= 0.6 is 11.3 Å². The summed E-state index contributed by atoms with van der Waals surface area (Å²) in [6.45, 7) is 7.32. The molecule has 4 heteroatoms. The van der Waals surface area contributed by atoms with Crippen LogP contribution in [0.4, 0.5) is 0 Å². The predicted octanol–water partition coefficient (Wildman–Crippen LogP) is 2.69. The Labute approximate surface area is 107 Å². The maximum Gasteiger partial charge on any atom is 0.309 e. The molecule has 0 saturated carbocycles. The van der Waals surface area contributed by atoms with Crippen LogP contribution in [0.3, 0.4) is 0 Å². The topological polar surface area (TPSA) is 49.3 Å². The largest absolute Gasteiger partial charge is 0.481 e. The summed E-state index contributed by atoms with van der Waals surface area (Å²) in [5, 5.41) is 14.4. The smallest absolute Gasteiger partial charge is 0.309 e. The minimum absolute atomic E-state index is 0.633. The van der Waals surface area contributed by atoms with Crippen LogP contribution in [0.15, 0.2) is 11.4 Å². The van der Waals surface area contributed by atoms with Crippen LogP contribution < -0.4 is 5.32 Å². The van der Waals surface area contributed by atoms with Crippen LogP contribution in [0.5, 0.6) is 0 Å². The number of rotatable bonds is 7. The highest BCUT2D eigenvalue weighted by Gasteiger charge is 2.25. The van der Waals surface area contributed by atoms with Crippen molar-refractivity contribution in [3.8, 4) is 0 Å². The quantitative estimate of drug-likeness (QED) is 0.736. The molecule has 0 saturated heterocycles. The normalized spacial score (nSPS) is 11.7. The fourth-order valence-corrected chi connectivity index (χ4v) is 2.41. The molecule has 1 rings (SSSR count). The van der Waals surface area contributed by atoms with Crippen molar-refractivity contribution < 1.29 is 9.90 Å². The Bertz CT molecular complexity index is 371. The SMILES string of the molecule is Cc1ccsc1CCNCCC(C)(C)C(=O)O. The molecule has 0 aromatic carbocycles. The molecule has 96 valence electrons. The van der Waals surface area contributed by atoms with Gasteiger partial charge in [-0.05, 0) is 63.7 Å². The standard InChI is InChI=1S/C13H21NO2S/c1-10-5-9-17-11(10)4-7-14-8-6-13(2,3)12(15)16/h5,9,14H,4,6-8H2,1-3H3,(H,15,16). The van der Waals surface area contributed by atoms with E-state index in [-0.39, 0.29) is 0 Å². The summed E-state index contributed by atoms with van der Waals surface area (Å²) in [5.74, 6) is -0.728. The number of aliphatic carboxylic acids is 1. The molecule has 2 N–H and O–H groups in total. The summed E-state index contributed by atoms with van der Waals surface area (Å²) in [6.07, 6.45) is 1.68. The zero-order chi connectivity index (χ0) is 12.9. The fourth-order valence-electron chi connectivity index (χ4n) is 1.49. The summed E-state index contributed by atoms with van der Waals surface area (Å²) >= 11 is 1.78. The maximum absolute atomic E-state index is 10.9. The maximum atomic E-state index is 10.9. The number of nitrogens with one attached hydrogen (secondary N) is 1. The van der Waals surface area contributed by atoms with E-state index in [0.717, 1.165) is 19.5 Å². The Morgan fingerprint density at radius 3 is 2.71 bits per heavy atom. The van der Waals surface area contributed by atoms with E-state index in [9.17, 15) is 4.79 Å². The molecule has 0 unspecified atom stereocenters. The van der Waals surface area contributed by atoms with Crippen molar-refractivity contribution in [1.29, 1.82) is 0 Å². The van der Waals surface area contributed by atoms with Gasteiger partial charge in [0.25, 0.3) is 0 Å². The highest BCUT2D eigenvalue weighted by atomic mass is 32.1. The van der Waals surface area contributed by atoms with Gasteiger partial charge in [-0.25, -0.2) is 0 Å². The Hall–Kier alpha value is -0.870. The Balaban J connectivity index is 2.17. The van der Waals surface area contributed by atoms with Crippen LogP contribution in [0.1, 0.15) is 30.7 Å². The Kier molecular flexibility index (Phi) is 5.15. The van der Waals surface area contributed by atoms with Gasteiger partial charge in [-0.1, -0.05) is 0 Å². The first-order chi connectivity index (χ1) is 7.93. The third-order valence-electron chi connectivity index (χ3n) is 3.00. The second-order valence-corrected chi connectivity index (χ2v) is 5.97. The minimum Gasteiger partial charge on any atom is -0.481 e. The average Bonchev–Trinajstić information content (AvgIpc) is 2.63. The van der Waals surface area contributed by atoms with Crippen molar-refractivity contribution in [2.45, 2.75) is 33.6 Å². The average molecular weight is 255 g/mol. The number of aryl methyl sites for hydroxylation is 1. The van der Waals surface area contributed by atoms with Crippen LogP contribution in [0, 0.1) is 12.3 Å². The lowest BCUT2D eigenvalue weighted by atomic mass is 9.90. The van der Waals surface area contributed by atoms with E-state index in [1.807, 2.05) is 0 Å². The summed E-state index contributed by atoms with van der Waals surface area (Å²) in [4.78, 5) is 12.3. The van der Waals surface area contributed by atoms with E-state index in [1.54, 1.807) is 25.2 Å². The number of hydrogen-bond acceptors (Lipinski definition) is 3. The molecule has 1 aromatic heterocycles. The second kappa shape index (κ2) is 6.17. The first-order valence-corrected chi connectivity index (χ1v) is 6.78.